The lowest BCUT2D eigenvalue weighted by molar-refractivity contribution is 0.194. The number of nitrogens with zero attached hydrogens (tertiary/aromatic N) is 1. The maximum atomic E-state index is 3.59. The van der Waals surface area contributed by atoms with E-state index in [1.807, 2.05) is 0 Å². The quantitative estimate of drug-likeness (QED) is 0.774. The minimum atomic E-state index is 0.627. The van der Waals surface area contributed by atoms with Crippen LogP contribution in [0.15, 0.2) is 15.2 Å². The second-order valence-corrected chi connectivity index (χ2v) is 7.29. The largest absolute Gasteiger partial charge is 0.311 e. The van der Waals surface area contributed by atoms with Gasteiger partial charge in [-0.25, -0.2) is 0 Å². The van der Waals surface area contributed by atoms with Crippen molar-refractivity contribution < 1.29 is 0 Å². The molecular weight excluding hydrogens is 308 g/mol. The van der Waals surface area contributed by atoms with E-state index < -0.39 is 0 Å². The van der Waals surface area contributed by atoms with E-state index in [1.165, 1.54) is 22.2 Å². The Labute approximate surface area is 124 Å². The number of halogens is 1. The molecule has 1 aromatic rings. The van der Waals surface area contributed by atoms with Gasteiger partial charge in [0.1, 0.15) is 0 Å². The van der Waals surface area contributed by atoms with Gasteiger partial charge in [0.05, 0.1) is 3.79 Å². The number of hydrogen-bond acceptors (Lipinski definition) is 3. The normalized spacial score (nSPS) is 13.5. The molecule has 1 heterocycles. The Morgan fingerprint density at radius 1 is 1.33 bits per heavy atom. The van der Waals surface area contributed by atoms with Crippen molar-refractivity contribution in [1.82, 2.24) is 10.2 Å². The van der Waals surface area contributed by atoms with Crippen molar-refractivity contribution in [3.05, 3.63) is 20.8 Å². The molecule has 1 rings (SSSR count). The van der Waals surface area contributed by atoms with Crippen molar-refractivity contribution >= 4 is 27.3 Å². The lowest BCUT2D eigenvalue weighted by Crippen LogP contribution is -2.42. The lowest BCUT2D eigenvalue weighted by Gasteiger charge is -2.31. The Balaban J connectivity index is 2.42. The summed E-state index contributed by atoms with van der Waals surface area (Å²) in [6, 6.07) is 2.82. The van der Waals surface area contributed by atoms with Gasteiger partial charge in [-0.2, -0.15) is 0 Å². The SMILES string of the molecule is CCC(CC)C(CNCc1csc(Br)c1)N(C)C. The van der Waals surface area contributed by atoms with E-state index in [1.54, 1.807) is 11.3 Å². The highest BCUT2D eigenvalue weighted by atomic mass is 79.9. The fourth-order valence-corrected chi connectivity index (χ4v) is 3.62. The zero-order chi connectivity index (χ0) is 13.5. The third-order valence-electron chi connectivity index (χ3n) is 3.56. The first kappa shape index (κ1) is 16.2. The van der Waals surface area contributed by atoms with Gasteiger partial charge in [0.25, 0.3) is 0 Å². The van der Waals surface area contributed by atoms with Crippen LogP contribution in [0.5, 0.6) is 0 Å². The van der Waals surface area contributed by atoms with E-state index in [9.17, 15) is 0 Å². The van der Waals surface area contributed by atoms with E-state index in [2.05, 4.69) is 65.5 Å². The highest BCUT2D eigenvalue weighted by molar-refractivity contribution is 9.11. The van der Waals surface area contributed by atoms with Crippen molar-refractivity contribution in [2.75, 3.05) is 20.6 Å². The highest BCUT2D eigenvalue weighted by Gasteiger charge is 2.19. The van der Waals surface area contributed by atoms with Gasteiger partial charge in [-0.05, 0) is 53.0 Å². The molecule has 1 unspecified atom stereocenters. The first-order chi connectivity index (χ1) is 8.58. The Bertz CT molecular complexity index is 334. The number of hydrogen-bond donors (Lipinski definition) is 1. The molecule has 1 atom stereocenters. The van der Waals surface area contributed by atoms with E-state index in [0.717, 1.165) is 19.0 Å². The van der Waals surface area contributed by atoms with Crippen LogP contribution >= 0.6 is 27.3 Å². The monoisotopic (exact) mass is 332 g/mol. The Morgan fingerprint density at radius 3 is 2.44 bits per heavy atom. The fourth-order valence-electron chi connectivity index (χ4n) is 2.41. The highest BCUT2D eigenvalue weighted by Crippen LogP contribution is 2.21. The van der Waals surface area contributed by atoms with Crippen LogP contribution in [0.3, 0.4) is 0 Å². The predicted molar refractivity (Wildman–Crippen MR) is 85.3 cm³/mol. The van der Waals surface area contributed by atoms with Gasteiger partial charge in [-0.1, -0.05) is 26.7 Å². The number of thiophene rings is 1. The molecule has 104 valence electrons. The molecular formula is C14H25BrN2S. The molecule has 0 bridgehead atoms. The van der Waals surface area contributed by atoms with Gasteiger partial charge in [0.2, 0.25) is 0 Å². The number of nitrogens with one attached hydrogen (secondary N) is 1. The minimum absolute atomic E-state index is 0.627. The molecule has 0 aromatic carbocycles. The summed E-state index contributed by atoms with van der Waals surface area (Å²) in [6.45, 7) is 6.61. The zero-order valence-electron chi connectivity index (χ0n) is 11.9. The third-order valence-corrected chi connectivity index (χ3v) is 5.11. The van der Waals surface area contributed by atoms with Crippen molar-refractivity contribution in [3.8, 4) is 0 Å². The number of likely N-dealkylation sites (N-methyl/N-ethyl adjacent to an activating group) is 1. The molecule has 0 saturated heterocycles. The van der Waals surface area contributed by atoms with Gasteiger partial charge in [0, 0.05) is 19.1 Å². The molecule has 0 fully saturated rings. The first-order valence-electron chi connectivity index (χ1n) is 6.68. The van der Waals surface area contributed by atoms with Crippen LogP contribution in [0.4, 0.5) is 0 Å². The minimum Gasteiger partial charge on any atom is -0.311 e. The van der Waals surface area contributed by atoms with Crippen molar-refractivity contribution in [3.63, 3.8) is 0 Å². The molecule has 1 N–H and O–H groups in total. The van der Waals surface area contributed by atoms with Crippen LogP contribution < -0.4 is 5.32 Å². The second-order valence-electron chi connectivity index (χ2n) is 5.00. The predicted octanol–water partition coefficient (Wildman–Crippen LogP) is 3.97. The van der Waals surface area contributed by atoms with Crippen LogP contribution in [-0.4, -0.2) is 31.6 Å². The molecule has 18 heavy (non-hydrogen) atoms. The van der Waals surface area contributed by atoms with Crippen LogP contribution in [0.1, 0.15) is 32.3 Å². The smallest absolute Gasteiger partial charge is 0.0701 e. The van der Waals surface area contributed by atoms with E-state index in [0.29, 0.717) is 6.04 Å². The van der Waals surface area contributed by atoms with Crippen LogP contribution in [-0.2, 0) is 6.54 Å². The summed E-state index contributed by atoms with van der Waals surface area (Å²) in [6.07, 6.45) is 2.51. The summed E-state index contributed by atoms with van der Waals surface area (Å²) < 4.78 is 1.21. The average Bonchev–Trinajstić information content (AvgIpc) is 2.74. The fraction of sp³-hybridized carbons (Fsp3) is 0.714. The van der Waals surface area contributed by atoms with Gasteiger partial charge in [0.15, 0.2) is 0 Å². The zero-order valence-corrected chi connectivity index (χ0v) is 14.3. The molecule has 0 amide bonds. The Kier molecular flexibility index (Phi) is 7.46. The van der Waals surface area contributed by atoms with E-state index >= 15 is 0 Å². The van der Waals surface area contributed by atoms with Gasteiger partial charge in [-0.3, -0.25) is 0 Å². The summed E-state index contributed by atoms with van der Waals surface area (Å²) in [7, 11) is 4.37. The maximum absolute atomic E-state index is 3.59. The molecule has 2 nitrogen and oxygen atoms in total. The van der Waals surface area contributed by atoms with Crippen LogP contribution in [0.25, 0.3) is 0 Å². The molecule has 0 aliphatic carbocycles. The maximum Gasteiger partial charge on any atom is 0.0701 e. The topological polar surface area (TPSA) is 15.3 Å². The standard InChI is InChI=1S/C14H25BrN2S/c1-5-12(6-2)13(17(3)4)9-16-8-11-7-14(15)18-10-11/h7,10,12-13,16H,5-6,8-9H2,1-4H3. The summed E-state index contributed by atoms with van der Waals surface area (Å²) >= 11 is 5.26. The third kappa shape index (κ3) is 5.00. The molecule has 0 spiro atoms. The summed E-state index contributed by atoms with van der Waals surface area (Å²) in [4.78, 5) is 2.36. The molecule has 0 radical (unpaired) electrons. The van der Waals surface area contributed by atoms with E-state index in [-0.39, 0.29) is 0 Å². The average molecular weight is 333 g/mol. The Hall–Kier alpha value is 0.1000. The van der Waals surface area contributed by atoms with E-state index in [4.69, 9.17) is 0 Å². The molecule has 0 aliphatic rings. The van der Waals surface area contributed by atoms with Crippen molar-refractivity contribution in [2.24, 2.45) is 5.92 Å². The first-order valence-corrected chi connectivity index (χ1v) is 8.35. The molecule has 4 heteroatoms. The summed E-state index contributed by atoms with van der Waals surface area (Å²) in [5, 5.41) is 5.80. The second kappa shape index (κ2) is 8.31. The molecule has 1 aromatic heterocycles. The summed E-state index contributed by atoms with van der Waals surface area (Å²) in [5.41, 5.74) is 1.37. The lowest BCUT2D eigenvalue weighted by atomic mass is 9.93. The Morgan fingerprint density at radius 2 is 2.00 bits per heavy atom. The molecule has 0 saturated carbocycles. The van der Waals surface area contributed by atoms with Crippen LogP contribution in [0, 0.1) is 5.92 Å². The van der Waals surface area contributed by atoms with Gasteiger partial charge >= 0.3 is 0 Å². The van der Waals surface area contributed by atoms with Crippen LogP contribution in [0.2, 0.25) is 0 Å². The molecule has 0 aliphatic heterocycles. The van der Waals surface area contributed by atoms with Gasteiger partial charge in [-0.15, -0.1) is 11.3 Å². The van der Waals surface area contributed by atoms with Crippen molar-refractivity contribution in [2.45, 2.75) is 39.3 Å². The number of rotatable bonds is 8. The van der Waals surface area contributed by atoms with Crippen molar-refractivity contribution in [1.29, 1.82) is 0 Å². The van der Waals surface area contributed by atoms with Gasteiger partial charge < -0.3 is 10.2 Å². The summed E-state index contributed by atoms with van der Waals surface area (Å²) in [5.74, 6) is 0.779.